The van der Waals surface area contributed by atoms with E-state index in [-0.39, 0.29) is 11.8 Å². The maximum atomic E-state index is 12.7. The molecule has 0 bridgehead atoms. The number of hydrogen-bond acceptors (Lipinski definition) is 3. The lowest BCUT2D eigenvalue weighted by Gasteiger charge is -2.36. The van der Waals surface area contributed by atoms with Crippen LogP contribution in [0.5, 0.6) is 5.75 Å². The van der Waals surface area contributed by atoms with Crippen LogP contribution >= 0.6 is 0 Å². The molecule has 1 unspecified atom stereocenters. The number of likely N-dealkylation sites (tertiary alicyclic amines) is 1. The number of ether oxygens (including phenoxy) is 1. The van der Waals surface area contributed by atoms with Crippen LogP contribution in [0.25, 0.3) is 0 Å². The number of aryl methyl sites for hydroxylation is 1. The number of nitrogens with zero attached hydrogens (tertiary/aromatic N) is 2. The van der Waals surface area contributed by atoms with Gasteiger partial charge < -0.3 is 14.5 Å². The third-order valence-corrected chi connectivity index (χ3v) is 4.97. The summed E-state index contributed by atoms with van der Waals surface area (Å²) in [5.41, 5.74) is 1.78. The highest BCUT2D eigenvalue weighted by molar-refractivity contribution is 5.94. The quantitative estimate of drug-likeness (QED) is 0.792. The van der Waals surface area contributed by atoms with Gasteiger partial charge in [-0.15, -0.1) is 0 Å². The first kappa shape index (κ1) is 19.3. The summed E-state index contributed by atoms with van der Waals surface area (Å²) in [6, 6.07) is 6.09. The van der Waals surface area contributed by atoms with Crippen LogP contribution in [0.2, 0.25) is 0 Å². The van der Waals surface area contributed by atoms with Gasteiger partial charge in [0.15, 0.2) is 0 Å². The number of benzene rings is 1. The van der Waals surface area contributed by atoms with Gasteiger partial charge in [-0.05, 0) is 50.3 Å². The Hall–Kier alpha value is -2.04. The number of rotatable bonds is 6. The summed E-state index contributed by atoms with van der Waals surface area (Å²) in [5, 5.41) is 0. The lowest BCUT2D eigenvalue weighted by molar-refractivity contribution is -0.134. The molecule has 0 aromatic heterocycles. The Morgan fingerprint density at radius 2 is 2.08 bits per heavy atom. The Labute approximate surface area is 150 Å². The number of anilines is 1. The molecule has 138 valence electrons. The Kier molecular flexibility index (Phi) is 6.85. The fourth-order valence-corrected chi connectivity index (χ4v) is 3.56. The molecule has 1 atom stereocenters. The Balaban J connectivity index is 2.11. The molecule has 2 amide bonds. The van der Waals surface area contributed by atoms with Crippen LogP contribution in [-0.2, 0) is 9.59 Å². The van der Waals surface area contributed by atoms with Gasteiger partial charge in [-0.1, -0.05) is 13.0 Å². The standard InChI is InChI=1S/C20H30N2O3/c1-5-17-8-6-7-12-22(17)20(24)11-13-21(16(3)23)18-14-15(2)9-10-19(18)25-4/h9-10,14,17H,5-8,11-13H2,1-4H3. The first-order valence-corrected chi connectivity index (χ1v) is 9.20. The molecule has 0 N–H and O–H groups in total. The maximum absolute atomic E-state index is 12.7. The molecule has 0 aliphatic carbocycles. The first-order valence-electron chi connectivity index (χ1n) is 9.20. The van der Waals surface area contributed by atoms with Crippen molar-refractivity contribution in [2.24, 2.45) is 0 Å². The molecule has 1 aliphatic heterocycles. The van der Waals surface area contributed by atoms with E-state index in [0.29, 0.717) is 24.8 Å². The predicted octanol–water partition coefficient (Wildman–Crippen LogP) is 3.54. The topological polar surface area (TPSA) is 49.9 Å². The van der Waals surface area contributed by atoms with Crippen molar-refractivity contribution in [3.8, 4) is 5.75 Å². The third kappa shape index (κ3) is 4.74. The van der Waals surface area contributed by atoms with Crippen LogP contribution in [-0.4, -0.2) is 43.0 Å². The normalized spacial score (nSPS) is 17.3. The number of carbonyl (C=O) groups is 2. The van der Waals surface area contributed by atoms with Crippen LogP contribution < -0.4 is 9.64 Å². The van der Waals surface area contributed by atoms with Crippen molar-refractivity contribution in [1.29, 1.82) is 0 Å². The second-order valence-corrected chi connectivity index (χ2v) is 6.74. The van der Waals surface area contributed by atoms with Gasteiger partial charge >= 0.3 is 0 Å². The highest BCUT2D eigenvalue weighted by Gasteiger charge is 2.26. The van der Waals surface area contributed by atoms with E-state index in [1.165, 1.54) is 13.3 Å². The monoisotopic (exact) mass is 346 g/mol. The van der Waals surface area contributed by atoms with E-state index in [1.54, 1.807) is 12.0 Å². The van der Waals surface area contributed by atoms with Crippen LogP contribution in [0.15, 0.2) is 18.2 Å². The number of amides is 2. The fraction of sp³-hybridized carbons (Fsp3) is 0.600. The van der Waals surface area contributed by atoms with Gasteiger partial charge in [-0.3, -0.25) is 9.59 Å². The van der Waals surface area contributed by atoms with Crippen molar-refractivity contribution >= 4 is 17.5 Å². The van der Waals surface area contributed by atoms with Crippen molar-refractivity contribution in [2.45, 2.75) is 58.9 Å². The molecule has 5 nitrogen and oxygen atoms in total. The second kappa shape index (κ2) is 8.88. The molecule has 1 fully saturated rings. The lowest BCUT2D eigenvalue weighted by Crippen LogP contribution is -2.44. The molecule has 2 rings (SSSR count). The van der Waals surface area contributed by atoms with Gasteiger partial charge in [0.25, 0.3) is 0 Å². The van der Waals surface area contributed by atoms with Crippen molar-refractivity contribution in [1.82, 2.24) is 4.90 Å². The summed E-state index contributed by atoms with van der Waals surface area (Å²) >= 11 is 0. The first-order chi connectivity index (χ1) is 12.0. The average Bonchev–Trinajstić information content (AvgIpc) is 2.61. The summed E-state index contributed by atoms with van der Waals surface area (Å²) < 4.78 is 5.40. The third-order valence-electron chi connectivity index (χ3n) is 4.97. The van der Waals surface area contributed by atoms with Gasteiger partial charge in [0.05, 0.1) is 12.8 Å². The van der Waals surface area contributed by atoms with Crippen LogP contribution in [0.3, 0.4) is 0 Å². The van der Waals surface area contributed by atoms with Crippen molar-refractivity contribution in [3.05, 3.63) is 23.8 Å². The lowest BCUT2D eigenvalue weighted by atomic mass is 9.99. The summed E-state index contributed by atoms with van der Waals surface area (Å²) in [6.45, 7) is 6.86. The molecule has 5 heteroatoms. The van der Waals surface area contributed by atoms with Gasteiger partial charge in [-0.25, -0.2) is 0 Å². The summed E-state index contributed by atoms with van der Waals surface area (Å²) in [4.78, 5) is 28.5. The second-order valence-electron chi connectivity index (χ2n) is 6.74. The van der Waals surface area contributed by atoms with E-state index in [1.807, 2.05) is 30.0 Å². The molecule has 25 heavy (non-hydrogen) atoms. The van der Waals surface area contributed by atoms with E-state index in [2.05, 4.69) is 6.92 Å². The van der Waals surface area contributed by atoms with Gasteiger partial charge in [0.2, 0.25) is 11.8 Å². The van der Waals surface area contributed by atoms with Gasteiger partial charge in [0, 0.05) is 32.5 Å². The summed E-state index contributed by atoms with van der Waals surface area (Å²) in [7, 11) is 1.59. The minimum atomic E-state index is -0.0811. The molecule has 1 saturated heterocycles. The van der Waals surface area contributed by atoms with Crippen molar-refractivity contribution < 1.29 is 14.3 Å². The Bertz CT molecular complexity index is 615. The highest BCUT2D eigenvalue weighted by Crippen LogP contribution is 2.30. The molecule has 1 aromatic carbocycles. The summed E-state index contributed by atoms with van der Waals surface area (Å²) in [6.07, 6.45) is 4.69. The van der Waals surface area contributed by atoms with Gasteiger partial charge in [0.1, 0.15) is 5.75 Å². The minimum Gasteiger partial charge on any atom is -0.495 e. The molecular formula is C20H30N2O3. The van der Waals surface area contributed by atoms with Crippen LogP contribution in [0.4, 0.5) is 5.69 Å². The molecule has 1 aliphatic rings. The molecule has 0 radical (unpaired) electrons. The Morgan fingerprint density at radius 3 is 2.72 bits per heavy atom. The zero-order valence-electron chi connectivity index (χ0n) is 15.9. The van der Waals surface area contributed by atoms with Crippen molar-refractivity contribution in [3.63, 3.8) is 0 Å². The molecule has 0 spiro atoms. The zero-order valence-corrected chi connectivity index (χ0v) is 15.9. The molecule has 0 saturated carbocycles. The predicted molar refractivity (Wildman–Crippen MR) is 100 cm³/mol. The average molecular weight is 346 g/mol. The number of piperidine rings is 1. The number of methoxy groups -OCH3 is 1. The van der Waals surface area contributed by atoms with E-state index in [0.717, 1.165) is 37.1 Å². The molecule has 1 heterocycles. The van der Waals surface area contributed by atoms with E-state index in [4.69, 9.17) is 4.74 Å². The largest absolute Gasteiger partial charge is 0.495 e. The van der Waals surface area contributed by atoms with Crippen LogP contribution in [0, 0.1) is 6.92 Å². The summed E-state index contributed by atoms with van der Waals surface area (Å²) in [5.74, 6) is 0.712. The number of carbonyl (C=O) groups excluding carboxylic acids is 2. The highest BCUT2D eigenvalue weighted by atomic mass is 16.5. The molecule has 1 aromatic rings. The maximum Gasteiger partial charge on any atom is 0.224 e. The Morgan fingerprint density at radius 1 is 1.32 bits per heavy atom. The van der Waals surface area contributed by atoms with E-state index in [9.17, 15) is 9.59 Å². The van der Waals surface area contributed by atoms with E-state index >= 15 is 0 Å². The number of hydrogen-bond donors (Lipinski definition) is 0. The molecular weight excluding hydrogens is 316 g/mol. The van der Waals surface area contributed by atoms with E-state index < -0.39 is 0 Å². The van der Waals surface area contributed by atoms with Crippen LogP contribution in [0.1, 0.15) is 51.5 Å². The van der Waals surface area contributed by atoms with Crippen molar-refractivity contribution in [2.75, 3.05) is 25.1 Å². The zero-order chi connectivity index (χ0) is 18.4. The fourth-order valence-electron chi connectivity index (χ4n) is 3.56. The SMILES string of the molecule is CCC1CCCCN1C(=O)CCN(C(C)=O)c1cc(C)ccc1OC. The minimum absolute atomic E-state index is 0.0811. The van der Waals surface area contributed by atoms with Gasteiger partial charge in [-0.2, -0.15) is 0 Å². The smallest absolute Gasteiger partial charge is 0.224 e.